The lowest BCUT2D eigenvalue weighted by molar-refractivity contribution is 0.427. The molecule has 0 radical (unpaired) electrons. The van der Waals surface area contributed by atoms with Crippen molar-refractivity contribution >= 4 is 18.2 Å². The minimum Gasteiger partial charge on any atom is -0.363 e. The summed E-state index contributed by atoms with van der Waals surface area (Å²) in [5, 5.41) is 11.6. The van der Waals surface area contributed by atoms with Crippen LogP contribution < -0.4 is 5.32 Å². The fraction of sp³-hybridized carbons (Fsp3) is 0.455. The summed E-state index contributed by atoms with van der Waals surface area (Å²) in [6.45, 7) is 2.51. The molecule has 0 unspecified atom stereocenters. The van der Waals surface area contributed by atoms with Crippen LogP contribution in [0.4, 0.5) is 10.2 Å². The molecule has 0 saturated carbocycles. The van der Waals surface area contributed by atoms with Crippen LogP contribution in [0, 0.1) is 6.92 Å². The van der Waals surface area contributed by atoms with Gasteiger partial charge in [0, 0.05) is 25.0 Å². The van der Waals surface area contributed by atoms with Crippen LogP contribution >= 0.6 is 12.4 Å². The number of hydrogen-bond donors (Lipinski definition) is 1. The van der Waals surface area contributed by atoms with E-state index in [-0.39, 0.29) is 12.4 Å². The van der Waals surface area contributed by atoms with Crippen molar-refractivity contribution in [2.45, 2.75) is 20.0 Å². The van der Waals surface area contributed by atoms with Crippen LogP contribution in [0.1, 0.15) is 11.3 Å². The lowest BCUT2D eigenvalue weighted by Gasteiger charge is -2.04. The molecule has 0 aliphatic heterocycles. The van der Waals surface area contributed by atoms with Gasteiger partial charge in [0.1, 0.15) is 6.67 Å². The first-order valence-electron chi connectivity index (χ1n) is 5.51. The molecule has 1 N–H and O–H groups in total. The molecule has 0 saturated heterocycles. The van der Waals surface area contributed by atoms with Crippen LogP contribution in [0.15, 0.2) is 18.5 Å². The summed E-state index contributed by atoms with van der Waals surface area (Å²) < 4.78 is 15.6. The van der Waals surface area contributed by atoms with Gasteiger partial charge in [-0.2, -0.15) is 10.2 Å². The second-order valence-electron chi connectivity index (χ2n) is 3.91. The van der Waals surface area contributed by atoms with E-state index in [4.69, 9.17) is 0 Å². The molecule has 0 fully saturated rings. The number of alkyl halides is 1. The number of nitrogens with one attached hydrogen (secondary N) is 1. The van der Waals surface area contributed by atoms with Gasteiger partial charge in [-0.05, 0) is 13.0 Å². The number of aromatic nitrogens is 4. The summed E-state index contributed by atoms with van der Waals surface area (Å²) in [7, 11) is 1.89. The molecule has 0 aromatic carbocycles. The lowest BCUT2D eigenvalue weighted by atomic mass is 10.3. The van der Waals surface area contributed by atoms with Crippen molar-refractivity contribution in [1.29, 1.82) is 0 Å². The fourth-order valence-electron chi connectivity index (χ4n) is 1.65. The normalized spacial score (nSPS) is 10.2. The Morgan fingerprint density at radius 2 is 2.22 bits per heavy atom. The number of anilines is 1. The van der Waals surface area contributed by atoms with Gasteiger partial charge in [0.15, 0.2) is 5.82 Å². The maximum atomic E-state index is 12.2. The van der Waals surface area contributed by atoms with Crippen molar-refractivity contribution in [2.24, 2.45) is 7.05 Å². The molecule has 0 spiro atoms. The van der Waals surface area contributed by atoms with E-state index in [1.165, 1.54) is 0 Å². The SMILES string of the molecule is Cc1cn(CCF)nc1NCc1ccnn1C.Cl. The molecular formula is C11H17ClFN5. The van der Waals surface area contributed by atoms with Crippen LogP contribution in [0.3, 0.4) is 0 Å². The van der Waals surface area contributed by atoms with Gasteiger partial charge in [-0.3, -0.25) is 9.36 Å². The van der Waals surface area contributed by atoms with E-state index in [2.05, 4.69) is 15.5 Å². The Morgan fingerprint density at radius 3 is 2.83 bits per heavy atom. The highest BCUT2D eigenvalue weighted by atomic mass is 35.5. The monoisotopic (exact) mass is 273 g/mol. The highest BCUT2D eigenvalue weighted by Crippen LogP contribution is 2.12. The van der Waals surface area contributed by atoms with Gasteiger partial charge in [0.25, 0.3) is 0 Å². The van der Waals surface area contributed by atoms with E-state index in [1.54, 1.807) is 15.6 Å². The second-order valence-corrected chi connectivity index (χ2v) is 3.91. The van der Waals surface area contributed by atoms with Gasteiger partial charge in [-0.15, -0.1) is 12.4 Å². The predicted molar refractivity (Wildman–Crippen MR) is 70.7 cm³/mol. The molecule has 2 aromatic rings. The van der Waals surface area contributed by atoms with Gasteiger partial charge in [0.2, 0.25) is 0 Å². The van der Waals surface area contributed by atoms with Crippen molar-refractivity contribution in [3.63, 3.8) is 0 Å². The van der Waals surface area contributed by atoms with Crippen LogP contribution in [0.5, 0.6) is 0 Å². The van der Waals surface area contributed by atoms with Crippen molar-refractivity contribution < 1.29 is 4.39 Å². The van der Waals surface area contributed by atoms with Crippen LogP contribution in [-0.2, 0) is 20.1 Å². The minimum absolute atomic E-state index is 0. The largest absolute Gasteiger partial charge is 0.363 e. The highest BCUT2D eigenvalue weighted by molar-refractivity contribution is 5.85. The van der Waals surface area contributed by atoms with E-state index in [0.717, 1.165) is 17.1 Å². The average Bonchev–Trinajstić information content (AvgIpc) is 2.83. The topological polar surface area (TPSA) is 47.7 Å². The number of aryl methyl sites for hydroxylation is 3. The van der Waals surface area contributed by atoms with Gasteiger partial charge < -0.3 is 5.32 Å². The molecular weight excluding hydrogens is 257 g/mol. The number of nitrogens with zero attached hydrogens (tertiary/aromatic N) is 4. The molecule has 7 heteroatoms. The van der Waals surface area contributed by atoms with Gasteiger partial charge in [-0.25, -0.2) is 4.39 Å². The molecule has 5 nitrogen and oxygen atoms in total. The predicted octanol–water partition coefficient (Wildman–Crippen LogP) is 1.93. The Labute approximate surface area is 111 Å². The van der Waals surface area contributed by atoms with E-state index >= 15 is 0 Å². The number of rotatable bonds is 5. The first-order valence-corrected chi connectivity index (χ1v) is 5.51. The standard InChI is InChI=1S/C11H16FN5.ClH/c1-9-8-17(6-4-12)15-11(9)13-7-10-3-5-14-16(10)2;/h3,5,8H,4,6-7H2,1-2H3,(H,13,15);1H. The third-order valence-corrected chi connectivity index (χ3v) is 2.62. The fourth-order valence-corrected chi connectivity index (χ4v) is 1.65. The van der Waals surface area contributed by atoms with Gasteiger partial charge in [-0.1, -0.05) is 0 Å². The smallest absolute Gasteiger partial charge is 0.151 e. The Hall–Kier alpha value is -1.56. The molecule has 100 valence electrons. The molecule has 0 aliphatic rings. The molecule has 2 rings (SSSR count). The van der Waals surface area contributed by atoms with Crippen molar-refractivity contribution in [1.82, 2.24) is 19.6 Å². The van der Waals surface area contributed by atoms with E-state index in [9.17, 15) is 4.39 Å². The van der Waals surface area contributed by atoms with Crippen molar-refractivity contribution in [3.05, 3.63) is 29.7 Å². The zero-order valence-corrected chi connectivity index (χ0v) is 11.2. The van der Waals surface area contributed by atoms with Crippen LogP contribution in [0.2, 0.25) is 0 Å². The summed E-state index contributed by atoms with van der Waals surface area (Å²) in [6, 6.07) is 1.95. The maximum absolute atomic E-state index is 12.2. The summed E-state index contributed by atoms with van der Waals surface area (Å²) in [5.74, 6) is 0.791. The second kappa shape index (κ2) is 6.39. The molecule has 0 atom stereocenters. The van der Waals surface area contributed by atoms with Crippen molar-refractivity contribution in [3.8, 4) is 0 Å². The average molecular weight is 274 g/mol. The van der Waals surface area contributed by atoms with Crippen LogP contribution in [0.25, 0.3) is 0 Å². The third kappa shape index (κ3) is 3.22. The summed E-state index contributed by atoms with van der Waals surface area (Å²) in [4.78, 5) is 0. The minimum atomic E-state index is -0.401. The van der Waals surface area contributed by atoms with E-state index in [1.807, 2.05) is 26.2 Å². The summed E-state index contributed by atoms with van der Waals surface area (Å²) in [5.41, 5.74) is 2.09. The lowest BCUT2D eigenvalue weighted by Crippen LogP contribution is -2.07. The van der Waals surface area contributed by atoms with Crippen LogP contribution in [-0.4, -0.2) is 26.2 Å². The summed E-state index contributed by atoms with van der Waals surface area (Å²) >= 11 is 0. The van der Waals surface area contributed by atoms with E-state index < -0.39 is 6.67 Å². The molecule has 0 amide bonds. The van der Waals surface area contributed by atoms with Crippen molar-refractivity contribution in [2.75, 3.05) is 12.0 Å². The first-order chi connectivity index (χ1) is 8.20. The maximum Gasteiger partial charge on any atom is 0.151 e. The molecule has 18 heavy (non-hydrogen) atoms. The zero-order chi connectivity index (χ0) is 12.3. The highest BCUT2D eigenvalue weighted by Gasteiger charge is 2.05. The molecule has 2 aromatic heterocycles. The molecule has 0 bridgehead atoms. The molecule has 2 heterocycles. The van der Waals surface area contributed by atoms with Gasteiger partial charge >= 0.3 is 0 Å². The summed E-state index contributed by atoms with van der Waals surface area (Å²) in [6.07, 6.45) is 3.59. The Bertz CT molecular complexity index is 493. The zero-order valence-electron chi connectivity index (χ0n) is 10.4. The number of halogens is 2. The quantitative estimate of drug-likeness (QED) is 0.906. The molecule has 0 aliphatic carbocycles. The Morgan fingerprint density at radius 1 is 1.44 bits per heavy atom. The van der Waals surface area contributed by atoms with Gasteiger partial charge in [0.05, 0.1) is 18.8 Å². The Balaban J connectivity index is 0.00000162. The number of hydrogen-bond acceptors (Lipinski definition) is 3. The first kappa shape index (κ1) is 14.5. The Kier molecular flexibility index (Phi) is 5.15. The van der Waals surface area contributed by atoms with E-state index in [0.29, 0.717) is 13.1 Å². The third-order valence-electron chi connectivity index (χ3n) is 2.62.